The highest BCUT2D eigenvalue weighted by Gasteiger charge is 2.35. The van der Waals surface area contributed by atoms with Crippen molar-refractivity contribution < 1.29 is 9.18 Å². The molecule has 1 aliphatic rings. The molecule has 1 fully saturated rings. The molecule has 3 N–H and O–H groups in total. The van der Waals surface area contributed by atoms with Gasteiger partial charge in [-0.25, -0.2) is 4.39 Å². The van der Waals surface area contributed by atoms with E-state index in [4.69, 9.17) is 5.73 Å². The summed E-state index contributed by atoms with van der Waals surface area (Å²) in [7, 11) is 0. The molecular formula is C16H24FN3O. The Kier molecular flexibility index (Phi) is 4.83. The molecule has 4 nitrogen and oxygen atoms in total. The van der Waals surface area contributed by atoms with Gasteiger partial charge in [0.2, 0.25) is 5.91 Å². The maximum Gasteiger partial charge on any atom is 0.241 e. The number of nitrogens with zero attached hydrogens (tertiary/aromatic N) is 1. The zero-order valence-electron chi connectivity index (χ0n) is 12.9. The van der Waals surface area contributed by atoms with Crippen LogP contribution in [0.2, 0.25) is 0 Å². The van der Waals surface area contributed by atoms with Gasteiger partial charge in [-0.15, -0.1) is 0 Å². The molecular weight excluding hydrogens is 269 g/mol. The van der Waals surface area contributed by atoms with Gasteiger partial charge in [-0.2, -0.15) is 0 Å². The van der Waals surface area contributed by atoms with Gasteiger partial charge in [-0.1, -0.05) is 13.8 Å². The van der Waals surface area contributed by atoms with E-state index >= 15 is 0 Å². The first kappa shape index (κ1) is 15.8. The first-order chi connectivity index (χ1) is 9.88. The molecule has 0 saturated heterocycles. The summed E-state index contributed by atoms with van der Waals surface area (Å²) in [6.45, 7) is 7.02. The van der Waals surface area contributed by atoms with Gasteiger partial charge in [-0.3, -0.25) is 9.69 Å². The first-order valence-corrected chi connectivity index (χ1v) is 7.50. The molecule has 2 rings (SSSR count). The number of anilines is 2. The second kappa shape index (κ2) is 6.43. The van der Waals surface area contributed by atoms with E-state index in [2.05, 4.69) is 24.1 Å². The van der Waals surface area contributed by atoms with Gasteiger partial charge in [0.1, 0.15) is 5.82 Å². The van der Waals surface area contributed by atoms with Crippen molar-refractivity contribution in [3.8, 4) is 0 Å². The van der Waals surface area contributed by atoms with Crippen molar-refractivity contribution in [3.05, 3.63) is 24.0 Å². The summed E-state index contributed by atoms with van der Waals surface area (Å²) in [5, 5.41) is 2.65. The summed E-state index contributed by atoms with van der Waals surface area (Å²) in [5.41, 5.74) is 6.21. The van der Waals surface area contributed by atoms with E-state index in [1.165, 1.54) is 18.2 Å². The summed E-state index contributed by atoms with van der Waals surface area (Å²) in [5.74, 6) is -0.163. The van der Waals surface area contributed by atoms with Crippen LogP contribution in [0.5, 0.6) is 0 Å². The normalized spacial score (nSPS) is 16.3. The van der Waals surface area contributed by atoms with Crippen LogP contribution < -0.4 is 11.1 Å². The van der Waals surface area contributed by atoms with Crippen molar-refractivity contribution >= 4 is 17.3 Å². The predicted molar refractivity (Wildman–Crippen MR) is 83.5 cm³/mol. The fraction of sp³-hybridized carbons (Fsp3) is 0.562. The molecule has 0 aromatic heterocycles. The Morgan fingerprint density at radius 3 is 2.67 bits per heavy atom. The van der Waals surface area contributed by atoms with Crippen molar-refractivity contribution in [3.63, 3.8) is 0 Å². The van der Waals surface area contributed by atoms with Crippen molar-refractivity contribution in [1.82, 2.24) is 4.90 Å². The van der Waals surface area contributed by atoms with E-state index in [0.29, 0.717) is 17.6 Å². The molecule has 0 spiro atoms. The highest BCUT2D eigenvalue weighted by molar-refractivity contribution is 5.95. The van der Waals surface area contributed by atoms with Crippen LogP contribution in [0.15, 0.2) is 18.2 Å². The van der Waals surface area contributed by atoms with E-state index in [1.54, 1.807) is 0 Å². The third-order valence-electron chi connectivity index (χ3n) is 3.72. The molecule has 1 unspecified atom stereocenters. The van der Waals surface area contributed by atoms with Crippen LogP contribution in [-0.2, 0) is 4.79 Å². The summed E-state index contributed by atoms with van der Waals surface area (Å²) in [4.78, 5) is 14.6. The molecule has 0 radical (unpaired) electrons. The fourth-order valence-electron chi connectivity index (χ4n) is 2.48. The Morgan fingerprint density at radius 1 is 1.43 bits per heavy atom. The van der Waals surface area contributed by atoms with Gasteiger partial charge in [-0.05, 0) is 43.9 Å². The number of nitrogens with one attached hydrogen (secondary N) is 1. The number of nitrogens with two attached hydrogens (primary N) is 1. The van der Waals surface area contributed by atoms with Crippen LogP contribution >= 0.6 is 0 Å². The third kappa shape index (κ3) is 4.17. The van der Waals surface area contributed by atoms with Gasteiger partial charge >= 0.3 is 0 Å². The summed E-state index contributed by atoms with van der Waals surface area (Å²) >= 11 is 0. The van der Waals surface area contributed by atoms with Gasteiger partial charge in [0.25, 0.3) is 0 Å². The van der Waals surface area contributed by atoms with E-state index in [0.717, 1.165) is 19.4 Å². The molecule has 1 aromatic rings. The number of benzene rings is 1. The Morgan fingerprint density at radius 2 is 2.10 bits per heavy atom. The smallest absolute Gasteiger partial charge is 0.241 e. The van der Waals surface area contributed by atoms with Gasteiger partial charge in [0.15, 0.2) is 0 Å². The van der Waals surface area contributed by atoms with E-state index < -0.39 is 5.82 Å². The highest BCUT2D eigenvalue weighted by Crippen LogP contribution is 2.30. The molecule has 0 aliphatic heterocycles. The number of hydrogen-bond acceptors (Lipinski definition) is 3. The third-order valence-corrected chi connectivity index (χ3v) is 3.72. The molecule has 1 aliphatic carbocycles. The fourth-order valence-corrected chi connectivity index (χ4v) is 2.48. The van der Waals surface area contributed by atoms with Crippen molar-refractivity contribution in [1.29, 1.82) is 0 Å². The maximum absolute atomic E-state index is 13.7. The lowest BCUT2D eigenvalue weighted by atomic mass is 10.1. The monoisotopic (exact) mass is 293 g/mol. The standard InChI is InChI=1S/C16H24FN3O/c1-10(2)9-20(13-5-6-13)11(3)16(21)19-15-8-12(18)4-7-14(15)17/h4,7-8,10-11,13H,5-6,9,18H2,1-3H3,(H,19,21). The lowest BCUT2D eigenvalue weighted by Crippen LogP contribution is -2.45. The molecule has 1 saturated carbocycles. The Bertz CT molecular complexity index is 514. The summed E-state index contributed by atoms with van der Waals surface area (Å²) < 4.78 is 13.7. The molecule has 0 bridgehead atoms. The molecule has 21 heavy (non-hydrogen) atoms. The number of carbonyl (C=O) groups excluding carboxylic acids is 1. The summed E-state index contributed by atoms with van der Waals surface area (Å²) in [6, 6.07) is 4.40. The van der Waals surface area contributed by atoms with Crippen LogP contribution in [0, 0.1) is 11.7 Å². The lowest BCUT2D eigenvalue weighted by molar-refractivity contribution is -0.121. The topological polar surface area (TPSA) is 58.4 Å². The second-order valence-corrected chi connectivity index (χ2v) is 6.23. The molecule has 5 heteroatoms. The number of hydrogen-bond donors (Lipinski definition) is 2. The quantitative estimate of drug-likeness (QED) is 0.793. The Labute approximate surface area is 125 Å². The summed E-state index contributed by atoms with van der Waals surface area (Å²) in [6.07, 6.45) is 2.27. The zero-order chi connectivity index (χ0) is 15.6. The highest BCUT2D eigenvalue weighted by atomic mass is 19.1. The van der Waals surface area contributed by atoms with Crippen LogP contribution in [0.4, 0.5) is 15.8 Å². The average molecular weight is 293 g/mol. The Balaban J connectivity index is 2.05. The Hall–Kier alpha value is -1.62. The van der Waals surface area contributed by atoms with Crippen molar-refractivity contribution in [2.75, 3.05) is 17.6 Å². The number of halogens is 1. The molecule has 0 heterocycles. The minimum atomic E-state index is -0.466. The SMILES string of the molecule is CC(C)CN(C1CC1)C(C)C(=O)Nc1cc(N)ccc1F. The molecule has 1 aromatic carbocycles. The minimum absolute atomic E-state index is 0.146. The van der Waals surface area contributed by atoms with E-state index in [-0.39, 0.29) is 17.6 Å². The maximum atomic E-state index is 13.7. The number of rotatable bonds is 6. The van der Waals surface area contributed by atoms with Crippen LogP contribution in [0.3, 0.4) is 0 Å². The van der Waals surface area contributed by atoms with Gasteiger partial charge in [0, 0.05) is 18.3 Å². The van der Waals surface area contributed by atoms with Crippen LogP contribution in [0.1, 0.15) is 33.6 Å². The van der Waals surface area contributed by atoms with E-state index in [1.807, 2.05) is 6.92 Å². The molecule has 116 valence electrons. The van der Waals surface area contributed by atoms with Crippen LogP contribution in [0.25, 0.3) is 0 Å². The number of nitrogen functional groups attached to an aromatic ring is 1. The molecule has 1 atom stereocenters. The van der Waals surface area contributed by atoms with Crippen LogP contribution in [-0.4, -0.2) is 29.4 Å². The van der Waals surface area contributed by atoms with Gasteiger partial charge in [0.05, 0.1) is 11.7 Å². The van der Waals surface area contributed by atoms with Gasteiger partial charge < -0.3 is 11.1 Å². The first-order valence-electron chi connectivity index (χ1n) is 7.50. The number of carbonyl (C=O) groups is 1. The number of amides is 1. The lowest BCUT2D eigenvalue weighted by Gasteiger charge is -2.29. The average Bonchev–Trinajstić information content (AvgIpc) is 3.23. The van der Waals surface area contributed by atoms with E-state index in [9.17, 15) is 9.18 Å². The largest absolute Gasteiger partial charge is 0.399 e. The molecule has 1 amide bonds. The van der Waals surface area contributed by atoms with Crippen molar-refractivity contribution in [2.24, 2.45) is 5.92 Å². The van der Waals surface area contributed by atoms with Crippen molar-refractivity contribution in [2.45, 2.75) is 45.7 Å². The zero-order valence-corrected chi connectivity index (χ0v) is 12.9. The minimum Gasteiger partial charge on any atom is -0.399 e. The predicted octanol–water partition coefficient (Wildman–Crippen LogP) is 2.86. The second-order valence-electron chi connectivity index (χ2n) is 6.23.